The summed E-state index contributed by atoms with van der Waals surface area (Å²) in [6.45, 7) is 1.45. The molecule has 0 heterocycles. The highest BCUT2D eigenvalue weighted by Crippen LogP contribution is 2.33. The fourth-order valence-electron chi connectivity index (χ4n) is 3.75. The molecule has 1 saturated carbocycles. The van der Waals surface area contributed by atoms with E-state index >= 15 is 0 Å². The molecule has 3 rings (SSSR count). The van der Waals surface area contributed by atoms with Crippen LogP contribution in [-0.4, -0.2) is 33.7 Å². The summed E-state index contributed by atoms with van der Waals surface area (Å²) in [5.74, 6) is -0.128. The molecule has 0 spiro atoms. The molecule has 7 nitrogen and oxygen atoms in total. The number of ether oxygens (including phenoxy) is 1. The summed E-state index contributed by atoms with van der Waals surface area (Å²) < 4.78 is 33.5. The highest BCUT2D eigenvalue weighted by Gasteiger charge is 2.29. The Labute approximate surface area is 190 Å². The number of nitrogens with zero attached hydrogens (tertiary/aromatic N) is 2. The van der Waals surface area contributed by atoms with Crippen molar-refractivity contribution in [3.8, 4) is 5.75 Å². The molecule has 0 aliphatic heterocycles. The maximum Gasteiger partial charge on any atom is 0.264 e. The van der Waals surface area contributed by atoms with Crippen LogP contribution in [0, 0.1) is 6.92 Å². The minimum atomic E-state index is -4.01. The van der Waals surface area contributed by atoms with Crippen molar-refractivity contribution in [2.24, 2.45) is 5.10 Å². The summed E-state index contributed by atoms with van der Waals surface area (Å²) in [4.78, 5) is 12.9. The zero-order chi connectivity index (χ0) is 23.0. The highest BCUT2D eigenvalue weighted by atomic mass is 32.2. The fourth-order valence-corrected chi connectivity index (χ4v) is 5.19. The molecule has 1 aliphatic carbocycles. The van der Waals surface area contributed by atoms with Crippen LogP contribution in [0.4, 0.5) is 5.69 Å². The van der Waals surface area contributed by atoms with Gasteiger partial charge in [-0.05, 0) is 62.4 Å². The second-order valence-electron chi connectivity index (χ2n) is 7.98. The Hall–Kier alpha value is -2.87. The van der Waals surface area contributed by atoms with E-state index in [1.165, 1.54) is 38.5 Å². The first kappa shape index (κ1) is 23.8. The molecule has 0 bridgehead atoms. The van der Waals surface area contributed by atoms with Crippen LogP contribution < -0.4 is 14.5 Å². The van der Waals surface area contributed by atoms with Gasteiger partial charge in [-0.1, -0.05) is 43.5 Å². The van der Waals surface area contributed by atoms with Crippen LogP contribution in [0.25, 0.3) is 0 Å². The molecule has 0 aromatic heterocycles. The van der Waals surface area contributed by atoms with Gasteiger partial charge in [0.1, 0.15) is 12.3 Å². The van der Waals surface area contributed by atoms with Gasteiger partial charge in [-0.25, -0.2) is 13.8 Å². The predicted octanol–water partition coefficient (Wildman–Crippen LogP) is 4.42. The molecule has 1 fully saturated rings. The van der Waals surface area contributed by atoms with E-state index in [0.29, 0.717) is 11.4 Å². The van der Waals surface area contributed by atoms with Crippen molar-refractivity contribution in [2.45, 2.75) is 56.8 Å². The van der Waals surface area contributed by atoms with Gasteiger partial charge in [-0.3, -0.25) is 9.10 Å². The largest absolute Gasteiger partial charge is 0.495 e. The van der Waals surface area contributed by atoms with Crippen LogP contribution >= 0.6 is 0 Å². The molecule has 32 heavy (non-hydrogen) atoms. The average molecular weight is 458 g/mol. The van der Waals surface area contributed by atoms with Crippen molar-refractivity contribution < 1.29 is 17.9 Å². The molecular formula is C24H31N3O4S. The molecule has 0 radical (unpaired) electrons. The van der Waals surface area contributed by atoms with Gasteiger partial charge in [0, 0.05) is 5.71 Å². The summed E-state index contributed by atoms with van der Waals surface area (Å²) in [6, 6.07) is 13.3. The SMILES string of the molecule is COc1ccc(C)cc1N(CC(=O)NN=C1CCCCCCC1)S(=O)(=O)c1ccccc1. The van der Waals surface area contributed by atoms with Crippen LogP contribution in [0.5, 0.6) is 5.75 Å². The summed E-state index contributed by atoms with van der Waals surface area (Å²) in [7, 11) is -2.53. The van der Waals surface area contributed by atoms with Gasteiger partial charge < -0.3 is 4.74 Å². The number of anilines is 1. The number of aryl methyl sites for hydroxylation is 1. The number of hydrazone groups is 1. The topological polar surface area (TPSA) is 88.1 Å². The molecule has 2 aromatic carbocycles. The van der Waals surface area contributed by atoms with Gasteiger partial charge in [0.25, 0.3) is 15.9 Å². The normalized spacial score (nSPS) is 14.8. The van der Waals surface area contributed by atoms with Crippen LogP contribution in [0.15, 0.2) is 58.5 Å². The molecule has 1 N–H and O–H groups in total. The lowest BCUT2D eigenvalue weighted by molar-refractivity contribution is -0.119. The molecule has 2 aromatic rings. The van der Waals surface area contributed by atoms with Crippen LogP contribution in [0.3, 0.4) is 0 Å². The summed E-state index contributed by atoms with van der Waals surface area (Å²) in [5, 5.41) is 4.31. The predicted molar refractivity (Wildman–Crippen MR) is 127 cm³/mol. The quantitative estimate of drug-likeness (QED) is 0.624. The van der Waals surface area contributed by atoms with Crippen molar-refractivity contribution >= 4 is 27.3 Å². The average Bonchev–Trinajstić information content (AvgIpc) is 2.77. The number of benzene rings is 2. The van der Waals surface area contributed by atoms with E-state index in [2.05, 4.69) is 10.5 Å². The Morgan fingerprint density at radius 2 is 1.69 bits per heavy atom. The van der Waals surface area contributed by atoms with Crippen LogP contribution in [0.1, 0.15) is 50.5 Å². The van der Waals surface area contributed by atoms with E-state index in [9.17, 15) is 13.2 Å². The second kappa shape index (κ2) is 11.1. The smallest absolute Gasteiger partial charge is 0.264 e. The number of carbonyl (C=O) groups excluding carboxylic acids is 1. The summed E-state index contributed by atoms with van der Waals surface area (Å²) in [6.07, 6.45) is 7.42. The number of methoxy groups -OCH3 is 1. The fraction of sp³-hybridized carbons (Fsp3) is 0.417. The Morgan fingerprint density at radius 3 is 2.34 bits per heavy atom. The van der Waals surface area contributed by atoms with Crippen molar-refractivity contribution in [3.05, 3.63) is 54.1 Å². The first-order chi connectivity index (χ1) is 15.4. The van der Waals surface area contributed by atoms with Gasteiger partial charge in [-0.15, -0.1) is 0 Å². The second-order valence-corrected chi connectivity index (χ2v) is 9.84. The van der Waals surface area contributed by atoms with E-state index in [1.54, 1.807) is 30.3 Å². The van der Waals surface area contributed by atoms with Gasteiger partial charge in [0.2, 0.25) is 0 Å². The molecule has 1 amide bonds. The van der Waals surface area contributed by atoms with Crippen molar-refractivity contribution in [2.75, 3.05) is 18.0 Å². The van der Waals surface area contributed by atoms with Crippen LogP contribution in [-0.2, 0) is 14.8 Å². The molecule has 1 aliphatic rings. The van der Waals surface area contributed by atoms with Crippen molar-refractivity contribution in [3.63, 3.8) is 0 Å². The number of amides is 1. The number of sulfonamides is 1. The van der Waals surface area contributed by atoms with E-state index in [0.717, 1.165) is 41.3 Å². The zero-order valence-electron chi connectivity index (χ0n) is 18.7. The number of hydrogen-bond donors (Lipinski definition) is 1. The minimum absolute atomic E-state index is 0.0997. The van der Waals surface area contributed by atoms with Gasteiger partial charge >= 0.3 is 0 Å². The third-order valence-electron chi connectivity index (χ3n) is 5.49. The van der Waals surface area contributed by atoms with Gasteiger partial charge in [-0.2, -0.15) is 5.10 Å². The molecule has 172 valence electrons. The number of nitrogens with one attached hydrogen (secondary N) is 1. The Balaban J connectivity index is 1.89. The van der Waals surface area contributed by atoms with E-state index in [1.807, 2.05) is 13.0 Å². The van der Waals surface area contributed by atoms with Gasteiger partial charge in [0.05, 0.1) is 17.7 Å². The lowest BCUT2D eigenvalue weighted by atomic mass is 9.99. The first-order valence-electron chi connectivity index (χ1n) is 11.0. The van der Waals surface area contributed by atoms with Crippen molar-refractivity contribution in [1.82, 2.24) is 5.43 Å². The maximum atomic E-state index is 13.5. The molecule has 0 unspecified atom stereocenters. The molecular weight excluding hydrogens is 426 g/mol. The molecule has 0 atom stereocenters. The summed E-state index contributed by atoms with van der Waals surface area (Å²) >= 11 is 0. The lowest BCUT2D eigenvalue weighted by Gasteiger charge is -2.25. The van der Waals surface area contributed by atoms with Gasteiger partial charge in [0.15, 0.2) is 0 Å². The Kier molecular flexibility index (Phi) is 8.27. The standard InChI is InChI=1S/C24H31N3O4S/c1-19-15-16-23(31-2)22(17-19)27(32(29,30)21-13-9-6-10-14-21)18-24(28)26-25-20-11-7-4-3-5-8-12-20/h6,9-10,13-17H,3-5,7-8,11-12,18H2,1-2H3,(H,26,28). The maximum absolute atomic E-state index is 13.5. The van der Waals surface area contributed by atoms with Crippen LogP contribution in [0.2, 0.25) is 0 Å². The number of rotatable bonds is 7. The lowest BCUT2D eigenvalue weighted by Crippen LogP contribution is -2.40. The Morgan fingerprint density at radius 1 is 1.03 bits per heavy atom. The number of hydrogen-bond acceptors (Lipinski definition) is 5. The third kappa shape index (κ3) is 6.09. The van der Waals surface area contributed by atoms with E-state index in [-0.39, 0.29) is 4.90 Å². The first-order valence-corrected chi connectivity index (χ1v) is 12.4. The third-order valence-corrected chi connectivity index (χ3v) is 7.26. The molecule has 0 saturated heterocycles. The summed E-state index contributed by atoms with van der Waals surface area (Å²) in [5.41, 5.74) is 4.70. The van der Waals surface area contributed by atoms with E-state index in [4.69, 9.17) is 4.74 Å². The number of carbonyl (C=O) groups is 1. The monoisotopic (exact) mass is 457 g/mol. The Bertz CT molecular complexity index is 1040. The van der Waals surface area contributed by atoms with E-state index < -0.39 is 22.5 Å². The van der Waals surface area contributed by atoms with Crippen molar-refractivity contribution in [1.29, 1.82) is 0 Å². The highest BCUT2D eigenvalue weighted by molar-refractivity contribution is 7.92. The zero-order valence-corrected chi connectivity index (χ0v) is 19.5. The molecule has 8 heteroatoms. The minimum Gasteiger partial charge on any atom is -0.495 e.